The summed E-state index contributed by atoms with van der Waals surface area (Å²) in [6.07, 6.45) is 4.72. The van der Waals surface area contributed by atoms with Crippen LogP contribution in [0, 0.1) is 0 Å². The van der Waals surface area contributed by atoms with E-state index in [9.17, 15) is 9.59 Å². The number of aromatic hydroxyl groups is 1. The molecule has 1 aliphatic rings. The Hall–Kier alpha value is -1.49. The van der Waals surface area contributed by atoms with Crippen molar-refractivity contribution in [3.8, 4) is 5.75 Å². The number of benzene rings is 1. The van der Waals surface area contributed by atoms with Crippen LogP contribution in [0.2, 0.25) is 0 Å². The van der Waals surface area contributed by atoms with Gasteiger partial charge in [-0.15, -0.1) is 0 Å². The van der Waals surface area contributed by atoms with Gasteiger partial charge in [-0.3, -0.25) is 9.59 Å². The van der Waals surface area contributed by atoms with E-state index >= 15 is 0 Å². The maximum Gasteiger partial charge on any atom is 0.287 e. The molecular weight excluding hydrogens is 262 g/mol. The highest BCUT2D eigenvalue weighted by Gasteiger charge is 2.30. The molecule has 102 valence electrons. The average Bonchev–Trinajstić information content (AvgIpc) is 2.70. The Morgan fingerprint density at radius 3 is 2.47 bits per heavy atom. The van der Waals surface area contributed by atoms with Crippen molar-refractivity contribution in [1.82, 2.24) is 5.32 Å². The van der Waals surface area contributed by atoms with Gasteiger partial charge < -0.3 is 10.4 Å². The van der Waals surface area contributed by atoms with E-state index in [1.807, 2.05) is 12.1 Å². The number of rotatable bonds is 6. The molecule has 0 radical (unpaired) electrons. The second-order valence-electron chi connectivity index (χ2n) is 4.67. The zero-order chi connectivity index (χ0) is 13.7. The minimum Gasteiger partial charge on any atom is -0.508 e. The maximum absolute atomic E-state index is 11.4. The molecule has 1 aliphatic heterocycles. The number of phenols is 1. The lowest BCUT2D eigenvalue weighted by atomic mass is 10.0. The Labute approximate surface area is 116 Å². The number of hydrogen-bond acceptors (Lipinski definition) is 4. The largest absolute Gasteiger partial charge is 0.508 e. The summed E-state index contributed by atoms with van der Waals surface area (Å²) in [4.78, 5) is 22.3. The maximum atomic E-state index is 11.4. The molecule has 0 aromatic heterocycles. The zero-order valence-corrected chi connectivity index (χ0v) is 11.4. The van der Waals surface area contributed by atoms with Gasteiger partial charge in [-0.2, -0.15) is 0 Å². The van der Waals surface area contributed by atoms with Crippen LogP contribution in [-0.2, 0) is 11.2 Å². The monoisotopic (exact) mass is 279 g/mol. The van der Waals surface area contributed by atoms with Gasteiger partial charge in [0, 0.05) is 11.8 Å². The Bertz CT molecular complexity index is 458. The van der Waals surface area contributed by atoms with Gasteiger partial charge in [-0.05, 0) is 37.0 Å². The first kappa shape index (κ1) is 13.9. The van der Waals surface area contributed by atoms with Crippen molar-refractivity contribution in [3.63, 3.8) is 0 Å². The van der Waals surface area contributed by atoms with Crippen LogP contribution in [-0.4, -0.2) is 21.5 Å². The topological polar surface area (TPSA) is 66.4 Å². The highest BCUT2D eigenvalue weighted by molar-refractivity contribution is 8.26. The molecule has 1 saturated heterocycles. The smallest absolute Gasteiger partial charge is 0.287 e. The highest BCUT2D eigenvalue weighted by Crippen LogP contribution is 2.20. The minimum absolute atomic E-state index is 0.0523. The van der Waals surface area contributed by atoms with Crippen LogP contribution < -0.4 is 5.32 Å². The standard InChI is InChI=1S/C14H17NO3S/c16-11-8-6-10(7-9-11)4-2-1-3-5-12-13(17)19-14(18)15-12/h6-9,12,16H,1-5H2,(H,15,18). The van der Waals surface area contributed by atoms with E-state index in [1.165, 1.54) is 5.56 Å². The van der Waals surface area contributed by atoms with E-state index in [-0.39, 0.29) is 22.1 Å². The van der Waals surface area contributed by atoms with Crippen molar-refractivity contribution in [2.24, 2.45) is 0 Å². The molecule has 1 aromatic carbocycles. The van der Waals surface area contributed by atoms with Crippen LogP contribution in [0.5, 0.6) is 5.75 Å². The van der Waals surface area contributed by atoms with Crippen LogP contribution in [0.15, 0.2) is 24.3 Å². The fourth-order valence-corrected chi connectivity index (χ4v) is 2.80. The van der Waals surface area contributed by atoms with Gasteiger partial charge >= 0.3 is 0 Å². The molecule has 1 fully saturated rings. The van der Waals surface area contributed by atoms with Gasteiger partial charge in [0.2, 0.25) is 5.12 Å². The third-order valence-corrected chi connectivity index (χ3v) is 3.95. The average molecular weight is 279 g/mol. The number of thioether (sulfide) groups is 1. The lowest BCUT2D eigenvalue weighted by Crippen LogP contribution is -2.28. The van der Waals surface area contributed by atoms with E-state index in [1.54, 1.807) is 12.1 Å². The number of aryl methyl sites for hydroxylation is 1. The van der Waals surface area contributed by atoms with E-state index in [0.29, 0.717) is 0 Å². The van der Waals surface area contributed by atoms with Crippen molar-refractivity contribution in [2.75, 3.05) is 0 Å². The van der Waals surface area contributed by atoms with Gasteiger partial charge in [0.25, 0.3) is 5.24 Å². The highest BCUT2D eigenvalue weighted by atomic mass is 32.2. The van der Waals surface area contributed by atoms with Crippen molar-refractivity contribution < 1.29 is 14.7 Å². The third-order valence-electron chi connectivity index (χ3n) is 3.16. The molecule has 0 spiro atoms. The van der Waals surface area contributed by atoms with Gasteiger partial charge in [0.1, 0.15) is 5.75 Å². The number of unbranched alkanes of at least 4 members (excludes halogenated alkanes) is 2. The summed E-state index contributed by atoms with van der Waals surface area (Å²) in [5, 5.41) is 11.6. The second-order valence-corrected chi connectivity index (χ2v) is 5.65. The van der Waals surface area contributed by atoms with Gasteiger partial charge in [0.05, 0.1) is 6.04 Å². The first-order valence-corrected chi connectivity index (χ1v) is 7.27. The number of phenolic OH excluding ortho intramolecular Hbond substituents is 1. The van der Waals surface area contributed by atoms with Crippen molar-refractivity contribution in [2.45, 2.75) is 38.1 Å². The van der Waals surface area contributed by atoms with Crippen LogP contribution in [0.1, 0.15) is 31.2 Å². The first-order chi connectivity index (χ1) is 9.15. The summed E-state index contributed by atoms with van der Waals surface area (Å²) >= 11 is 0.778. The fraction of sp³-hybridized carbons (Fsp3) is 0.429. The molecule has 2 rings (SSSR count). The predicted octanol–water partition coefficient (Wildman–Crippen LogP) is 2.85. The molecule has 1 atom stereocenters. The summed E-state index contributed by atoms with van der Waals surface area (Å²) < 4.78 is 0. The number of amides is 1. The first-order valence-electron chi connectivity index (χ1n) is 6.45. The molecule has 0 aliphatic carbocycles. The lowest BCUT2D eigenvalue weighted by molar-refractivity contribution is -0.112. The normalized spacial score (nSPS) is 18.6. The summed E-state index contributed by atoms with van der Waals surface area (Å²) in [7, 11) is 0. The Balaban J connectivity index is 1.61. The Morgan fingerprint density at radius 1 is 1.11 bits per heavy atom. The fourth-order valence-electron chi connectivity index (χ4n) is 2.10. The molecule has 0 bridgehead atoms. The molecule has 1 amide bonds. The molecule has 1 unspecified atom stereocenters. The van der Waals surface area contributed by atoms with Crippen LogP contribution in [0.3, 0.4) is 0 Å². The van der Waals surface area contributed by atoms with Crippen molar-refractivity contribution in [3.05, 3.63) is 29.8 Å². The van der Waals surface area contributed by atoms with E-state index in [4.69, 9.17) is 5.11 Å². The molecule has 19 heavy (non-hydrogen) atoms. The molecule has 4 nitrogen and oxygen atoms in total. The van der Waals surface area contributed by atoms with E-state index in [0.717, 1.165) is 43.9 Å². The number of nitrogens with one attached hydrogen (secondary N) is 1. The van der Waals surface area contributed by atoms with E-state index in [2.05, 4.69) is 5.32 Å². The number of carbonyl (C=O) groups is 2. The van der Waals surface area contributed by atoms with Crippen LogP contribution in [0.25, 0.3) is 0 Å². The Kier molecular flexibility index (Phi) is 4.85. The van der Waals surface area contributed by atoms with Gasteiger partial charge in [-0.25, -0.2) is 0 Å². The second kappa shape index (κ2) is 6.61. The van der Waals surface area contributed by atoms with Crippen molar-refractivity contribution in [1.29, 1.82) is 0 Å². The van der Waals surface area contributed by atoms with E-state index < -0.39 is 0 Å². The molecule has 5 heteroatoms. The SMILES string of the molecule is O=C1NC(CCCCCc2ccc(O)cc2)C(=O)S1. The molecule has 1 heterocycles. The zero-order valence-electron chi connectivity index (χ0n) is 10.6. The van der Waals surface area contributed by atoms with Crippen molar-refractivity contribution >= 4 is 22.1 Å². The molecular formula is C14H17NO3S. The number of carbonyl (C=O) groups excluding carboxylic acids is 2. The summed E-state index contributed by atoms with van der Waals surface area (Å²) in [5.74, 6) is 0.289. The third kappa shape index (κ3) is 4.28. The molecule has 0 saturated carbocycles. The summed E-state index contributed by atoms with van der Waals surface area (Å²) in [5.41, 5.74) is 1.21. The summed E-state index contributed by atoms with van der Waals surface area (Å²) in [6, 6.07) is 6.95. The summed E-state index contributed by atoms with van der Waals surface area (Å²) in [6.45, 7) is 0. The predicted molar refractivity (Wildman–Crippen MR) is 75.2 cm³/mol. The van der Waals surface area contributed by atoms with Crippen LogP contribution in [0.4, 0.5) is 4.79 Å². The van der Waals surface area contributed by atoms with Crippen LogP contribution >= 0.6 is 11.8 Å². The quantitative estimate of drug-likeness (QED) is 0.786. The minimum atomic E-state index is -0.286. The molecule has 1 aromatic rings. The number of hydrogen-bond donors (Lipinski definition) is 2. The Morgan fingerprint density at radius 2 is 1.84 bits per heavy atom. The van der Waals surface area contributed by atoms with Gasteiger partial charge in [0.15, 0.2) is 0 Å². The lowest BCUT2D eigenvalue weighted by Gasteiger charge is -2.07. The van der Waals surface area contributed by atoms with Gasteiger partial charge in [-0.1, -0.05) is 25.0 Å². The molecule has 2 N–H and O–H groups in total.